The number of hydrogen-bond donors (Lipinski definition) is 0. The Morgan fingerprint density at radius 1 is 0.533 bits per heavy atom. The maximum atomic E-state index is 2.50. The van der Waals surface area contributed by atoms with E-state index in [0.29, 0.717) is 0 Å². The van der Waals surface area contributed by atoms with Crippen LogP contribution < -0.4 is 0 Å². The van der Waals surface area contributed by atoms with Gasteiger partial charge in [-0.25, -0.2) is 0 Å². The Morgan fingerprint density at radius 2 is 0.867 bits per heavy atom. The average Bonchev–Trinajstić information content (AvgIpc) is 3.06. The minimum atomic E-state index is 0.120. The molecule has 0 aromatic heterocycles. The molecule has 0 aliphatic heterocycles. The quantitative estimate of drug-likeness (QED) is 0.445. The van der Waals surface area contributed by atoms with Crippen molar-refractivity contribution in [3.63, 3.8) is 0 Å². The second-order valence-corrected chi connectivity index (χ2v) is 13.3. The lowest BCUT2D eigenvalue weighted by atomic mass is 9.72. The van der Waals surface area contributed by atoms with E-state index in [4.69, 9.17) is 0 Å². The van der Waals surface area contributed by atoms with Crippen LogP contribution in [0, 0.1) is 20.8 Å². The number of hydrogen-bond acceptors (Lipinski definition) is 0. The van der Waals surface area contributed by atoms with E-state index in [0.717, 1.165) is 0 Å². The van der Waals surface area contributed by atoms with Crippen LogP contribution in [-0.2, 0) is 21.7 Å². The van der Waals surface area contributed by atoms with Crippen molar-refractivity contribution >= 4 is 0 Å². The summed E-state index contributed by atoms with van der Waals surface area (Å²) in [7, 11) is 0. The normalized spacial score (nSPS) is 15.9. The highest BCUT2D eigenvalue weighted by Crippen LogP contribution is 2.58. The fourth-order valence-electron chi connectivity index (χ4n) is 5.71. The Morgan fingerprint density at radius 3 is 1.23 bits per heavy atom. The van der Waals surface area contributed by atoms with Gasteiger partial charge in [0.2, 0.25) is 0 Å². The molecule has 0 saturated heterocycles. The van der Waals surface area contributed by atoms with Crippen molar-refractivity contribution in [1.29, 1.82) is 0 Å². The SMILES string of the molecule is Cc1c(C(C)(C)C)cc(C(C)(C)C)c(C)c1-c1c(C)c(C(C)(C)C)cc2c1C2(C)C. The molecule has 30 heavy (non-hydrogen) atoms. The van der Waals surface area contributed by atoms with E-state index in [1.165, 1.54) is 44.5 Å². The first kappa shape index (κ1) is 23.1. The van der Waals surface area contributed by atoms with Crippen molar-refractivity contribution < 1.29 is 0 Å². The van der Waals surface area contributed by atoms with Gasteiger partial charge in [-0.15, -0.1) is 0 Å². The highest BCUT2D eigenvalue weighted by molar-refractivity contribution is 5.87. The number of rotatable bonds is 1. The third kappa shape index (κ3) is 3.45. The topological polar surface area (TPSA) is 0 Å². The fraction of sp³-hybridized carbons (Fsp3) is 0.600. The zero-order valence-corrected chi connectivity index (χ0v) is 22.2. The van der Waals surface area contributed by atoms with Gasteiger partial charge in [-0.2, -0.15) is 0 Å². The summed E-state index contributed by atoms with van der Waals surface area (Å²) in [6.45, 7) is 33.1. The number of fused-ring (bicyclic) bond motifs is 1. The van der Waals surface area contributed by atoms with Gasteiger partial charge in [0.25, 0.3) is 0 Å². The van der Waals surface area contributed by atoms with Crippen molar-refractivity contribution in [2.75, 3.05) is 0 Å². The largest absolute Gasteiger partial charge is 0.0561 e. The molecule has 0 atom stereocenters. The highest BCUT2D eigenvalue weighted by Gasteiger charge is 2.46. The van der Waals surface area contributed by atoms with Crippen LogP contribution >= 0.6 is 0 Å². The van der Waals surface area contributed by atoms with E-state index in [9.17, 15) is 0 Å². The van der Waals surface area contributed by atoms with E-state index in [2.05, 4.69) is 109 Å². The predicted octanol–water partition coefficient (Wildman–Crippen LogP) is 8.81. The third-order valence-electron chi connectivity index (χ3n) is 7.34. The molecule has 164 valence electrons. The minimum absolute atomic E-state index is 0.120. The lowest BCUT2D eigenvalue weighted by Gasteiger charge is -2.32. The molecule has 0 radical (unpaired) electrons. The highest BCUT2D eigenvalue weighted by atomic mass is 14.5. The molecular formula is C30H44. The molecule has 1 aliphatic carbocycles. The van der Waals surface area contributed by atoms with E-state index < -0.39 is 0 Å². The number of benzene rings is 2. The minimum Gasteiger partial charge on any atom is -0.0561 e. The third-order valence-corrected chi connectivity index (χ3v) is 7.34. The summed E-state index contributed by atoms with van der Waals surface area (Å²) >= 11 is 0. The summed E-state index contributed by atoms with van der Waals surface area (Å²) in [6, 6.07) is 5.00. The van der Waals surface area contributed by atoms with E-state index in [-0.39, 0.29) is 21.7 Å². The zero-order chi connectivity index (χ0) is 23.2. The second kappa shape index (κ2) is 6.47. The fourth-order valence-corrected chi connectivity index (χ4v) is 5.71. The molecule has 0 fully saturated rings. The smallest absolute Gasteiger partial charge is 0.0159 e. The molecule has 2 aromatic carbocycles. The first-order valence-corrected chi connectivity index (χ1v) is 11.7. The summed E-state index contributed by atoms with van der Waals surface area (Å²) in [5, 5.41) is 0. The Kier molecular flexibility index (Phi) is 4.99. The van der Waals surface area contributed by atoms with Crippen LogP contribution in [0.15, 0.2) is 12.1 Å². The van der Waals surface area contributed by atoms with Crippen molar-refractivity contribution in [2.45, 2.75) is 119 Å². The Labute approximate surface area is 186 Å². The Hall–Kier alpha value is -1.56. The van der Waals surface area contributed by atoms with Crippen LogP contribution in [0.1, 0.15) is 121 Å². The molecule has 0 amide bonds. The first-order chi connectivity index (χ1) is 13.3. The molecule has 0 N–H and O–H groups in total. The molecular weight excluding hydrogens is 360 g/mol. The molecule has 3 rings (SSSR count). The Balaban J connectivity index is 2.53. The van der Waals surface area contributed by atoms with E-state index in [1.807, 2.05) is 0 Å². The van der Waals surface area contributed by atoms with Gasteiger partial charge in [0.1, 0.15) is 0 Å². The zero-order valence-electron chi connectivity index (χ0n) is 22.2. The standard InChI is InChI=1S/C30H44/c1-17-20(27(4,5)6)15-21(28(7,8)9)18(2)24(17)25-19(3)22(29(10,11)12)16-23-26(25)30(23,13)14/h15-16H,1-14H3. The summed E-state index contributed by atoms with van der Waals surface area (Å²) < 4.78 is 0. The first-order valence-electron chi connectivity index (χ1n) is 11.7. The van der Waals surface area contributed by atoms with Crippen molar-refractivity contribution in [3.05, 3.63) is 56.6 Å². The monoisotopic (exact) mass is 404 g/mol. The van der Waals surface area contributed by atoms with Crippen LogP contribution in [0.4, 0.5) is 0 Å². The van der Waals surface area contributed by atoms with Crippen LogP contribution in [-0.4, -0.2) is 0 Å². The van der Waals surface area contributed by atoms with Crippen LogP contribution in [0.2, 0.25) is 0 Å². The molecule has 0 bridgehead atoms. The summed E-state index contributed by atoms with van der Waals surface area (Å²) in [5.74, 6) is 0. The lowest BCUT2D eigenvalue weighted by molar-refractivity contribution is 0.563. The molecule has 0 heterocycles. The van der Waals surface area contributed by atoms with E-state index in [1.54, 1.807) is 11.1 Å². The van der Waals surface area contributed by atoms with Crippen molar-refractivity contribution in [2.24, 2.45) is 0 Å². The maximum absolute atomic E-state index is 2.50. The summed E-state index contributed by atoms with van der Waals surface area (Å²) in [5.41, 5.74) is 15.6. The molecule has 0 saturated carbocycles. The maximum Gasteiger partial charge on any atom is 0.0159 e. The molecule has 0 spiro atoms. The van der Waals surface area contributed by atoms with Crippen molar-refractivity contribution in [1.82, 2.24) is 0 Å². The van der Waals surface area contributed by atoms with Crippen molar-refractivity contribution in [3.8, 4) is 11.1 Å². The van der Waals surface area contributed by atoms with Gasteiger partial charge >= 0.3 is 0 Å². The van der Waals surface area contributed by atoms with Gasteiger partial charge in [-0.05, 0) is 92.7 Å². The molecule has 2 aromatic rings. The van der Waals surface area contributed by atoms with Gasteiger partial charge in [-0.3, -0.25) is 0 Å². The molecule has 1 aliphatic rings. The average molecular weight is 405 g/mol. The second-order valence-electron chi connectivity index (χ2n) is 13.3. The molecule has 0 heteroatoms. The predicted molar refractivity (Wildman–Crippen MR) is 134 cm³/mol. The van der Waals surface area contributed by atoms with Gasteiger partial charge in [0.05, 0.1) is 0 Å². The van der Waals surface area contributed by atoms with Crippen LogP contribution in [0.5, 0.6) is 0 Å². The van der Waals surface area contributed by atoms with Gasteiger partial charge in [0.15, 0.2) is 0 Å². The van der Waals surface area contributed by atoms with E-state index >= 15 is 0 Å². The van der Waals surface area contributed by atoms with Crippen LogP contribution in [0.3, 0.4) is 0 Å². The summed E-state index contributed by atoms with van der Waals surface area (Å²) in [6.07, 6.45) is 0. The summed E-state index contributed by atoms with van der Waals surface area (Å²) in [4.78, 5) is 0. The Bertz CT molecular complexity index is 984. The molecule has 0 unspecified atom stereocenters. The van der Waals surface area contributed by atoms with Gasteiger partial charge in [0, 0.05) is 5.41 Å². The van der Waals surface area contributed by atoms with Crippen LogP contribution in [0.25, 0.3) is 11.1 Å². The lowest BCUT2D eigenvalue weighted by Crippen LogP contribution is -2.20. The molecule has 0 nitrogen and oxygen atoms in total. The van der Waals surface area contributed by atoms with Gasteiger partial charge in [-0.1, -0.05) is 88.3 Å². The van der Waals surface area contributed by atoms with Gasteiger partial charge < -0.3 is 0 Å².